The fraction of sp³-hybridized carbons (Fsp3) is 0.421. The average Bonchev–Trinajstić information content (AvgIpc) is 3.12. The van der Waals surface area contributed by atoms with Crippen molar-refractivity contribution >= 4 is 23.2 Å². The van der Waals surface area contributed by atoms with E-state index >= 15 is 0 Å². The van der Waals surface area contributed by atoms with Gasteiger partial charge in [-0.15, -0.1) is 11.3 Å². The monoisotopic (exact) mass is 358 g/mol. The number of likely N-dealkylation sites (tertiary alicyclic amines) is 1. The molecule has 25 heavy (non-hydrogen) atoms. The number of aromatic carboxylic acids is 1. The third-order valence-electron chi connectivity index (χ3n) is 4.55. The van der Waals surface area contributed by atoms with E-state index in [4.69, 9.17) is 10.1 Å². The van der Waals surface area contributed by atoms with Crippen LogP contribution in [0.4, 0.5) is 0 Å². The number of aromatic nitrogens is 1. The van der Waals surface area contributed by atoms with Crippen molar-refractivity contribution in [3.05, 3.63) is 51.5 Å². The molecule has 2 aromatic rings. The van der Waals surface area contributed by atoms with E-state index < -0.39 is 5.97 Å². The van der Waals surface area contributed by atoms with Gasteiger partial charge in [-0.1, -0.05) is 19.9 Å². The molecule has 0 spiro atoms. The number of carboxylic acids is 1. The molecule has 0 bridgehead atoms. The molecule has 1 fully saturated rings. The Morgan fingerprint density at radius 1 is 1.32 bits per heavy atom. The normalized spacial score (nSPS) is 17.7. The molecule has 0 radical (unpaired) electrons. The number of benzene rings is 1. The highest BCUT2D eigenvalue weighted by Gasteiger charge is 2.27. The number of nitrogens with zero attached hydrogens (tertiary/aromatic N) is 2. The highest BCUT2D eigenvalue weighted by molar-refractivity contribution is 7.09. The van der Waals surface area contributed by atoms with Crippen LogP contribution in [0, 0.1) is 0 Å². The summed E-state index contributed by atoms with van der Waals surface area (Å²) >= 11 is 1.67. The van der Waals surface area contributed by atoms with E-state index in [1.165, 1.54) is 12.1 Å². The van der Waals surface area contributed by atoms with Crippen LogP contribution in [0.5, 0.6) is 0 Å². The van der Waals surface area contributed by atoms with Crippen LogP contribution in [0.1, 0.15) is 69.9 Å². The number of carbonyl (C=O) groups excluding carboxylic acids is 1. The van der Waals surface area contributed by atoms with Gasteiger partial charge >= 0.3 is 5.97 Å². The van der Waals surface area contributed by atoms with Crippen LogP contribution in [0.3, 0.4) is 0 Å². The standard InChI is InChI=1S/C19H22N2O3S/c1-12(2)16-11-25-17(20-16)15-7-4-8-21(10-15)18(22)13-5-3-6-14(9-13)19(23)24/h3,5-6,9,11-12,15H,4,7-8,10H2,1-2H3,(H,23,24). The summed E-state index contributed by atoms with van der Waals surface area (Å²) in [4.78, 5) is 30.5. The van der Waals surface area contributed by atoms with Crippen molar-refractivity contribution in [1.29, 1.82) is 0 Å². The fourth-order valence-electron chi connectivity index (χ4n) is 3.08. The van der Waals surface area contributed by atoms with Crippen LogP contribution in [0.15, 0.2) is 29.6 Å². The molecule has 1 atom stereocenters. The molecule has 1 aliphatic rings. The van der Waals surface area contributed by atoms with E-state index in [1.54, 1.807) is 23.5 Å². The number of hydrogen-bond acceptors (Lipinski definition) is 4. The third kappa shape index (κ3) is 3.90. The maximum absolute atomic E-state index is 12.8. The molecule has 3 rings (SSSR count). The third-order valence-corrected chi connectivity index (χ3v) is 5.57. The number of carboxylic acid groups (broad SMARTS) is 1. The van der Waals surface area contributed by atoms with Gasteiger partial charge in [0.25, 0.3) is 5.91 Å². The summed E-state index contributed by atoms with van der Waals surface area (Å²) < 4.78 is 0. The Labute approximate surface area is 151 Å². The molecule has 1 aliphatic heterocycles. The van der Waals surface area contributed by atoms with Gasteiger partial charge in [0.1, 0.15) is 0 Å². The van der Waals surface area contributed by atoms with Crippen LogP contribution < -0.4 is 0 Å². The Bertz CT molecular complexity index is 784. The Morgan fingerprint density at radius 3 is 2.76 bits per heavy atom. The molecule has 0 aliphatic carbocycles. The zero-order valence-corrected chi connectivity index (χ0v) is 15.3. The van der Waals surface area contributed by atoms with Gasteiger partial charge in [-0.25, -0.2) is 9.78 Å². The lowest BCUT2D eigenvalue weighted by Crippen LogP contribution is -2.39. The molecule has 0 saturated carbocycles. The van der Waals surface area contributed by atoms with Gasteiger partial charge < -0.3 is 10.0 Å². The van der Waals surface area contributed by atoms with Crippen molar-refractivity contribution in [2.45, 2.75) is 38.5 Å². The first-order valence-electron chi connectivity index (χ1n) is 8.53. The van der Waals surface area contributed by atoms with Crippen LogP contribution >= 0.6 is 11.3 Å². The smallest absolute Gasteiger partial charge is 0.335 e. The lowest BCUT2D eigenvalue weighted by atomic mass is 9.97. The lowest BCUT2D eigenvalue weighted by molar-refractivity contribution is 0.0697. The molecule has 6 heteroatoms. The quantitative estimate of drug-likeness (QED) is 0.897. The lowest BCUT2D eigenvalue weighted by Gasteiger charge is -2.32. The first-order chi connectivity index (χ1) is 12.0. The first-order valence-corrected chi connectivity index (χ1v) is 9.41. The Kier molecular flexibility index (Phi) is 5.18. The maximum atomic E-state index is 12.8. The molecule has 5 nitrogen and oxygen atoms in total. The summed E-state index contributed by atoms with van der Waals surface area (Å²) in [7, 11) is 0. The molecule has 1 aromatic heterocycles. The zero-order chi connectivity index (χ0) is 18.0. The highest BCUT2D eigenvalue weighted by Crippen LogP contribution is 2.31. The summed E-state index contributed by atoms with van der Waals surface area (Å²) in [6.07, 6.45) is 1.97. The van der Waals surface area contributed by atoms with Crippen molar-refractivity contribution in [3.63, 3.8) is 0 Å². The van der Waals surface area contributed by atoms with Crippen LogP contribution in [0.25, 0.3) is 0 Å². The van der Waals surface area contributed by atoms with Gasteiger partial charge in [-0.2, -0.15) is 0 Å². The first kappa shape index (κ1) is 17.6. The maximum Gasteiger partial charge on any atom is 0.335 e. The van der Waals surface area contributed by atoms with E-state index in [-0.39, 0.29) is 17.4 Å². The van der Waals surface area contributed by atoms with Crippen LogP contribution in [0.2, 0.25) is 0 Å². The number of thiazole rings is 1. The minimum absolute atomic E-state index is 0.103. The predicted octanol–water partition coefficient (Wildman–Crippen LogP) is 3.98. The number of piperidine rings is 1. The molecule has 1 unspecified atom stereocenters. The summed E-state index contributed by atoms with van der Waals surface area (Å²) in [5, 5.41) is 12.3. The minimum atomic E-state index is -1.02. The van der Waals surface area contributed by atoms with Crippen LogP contribution in [-0.4, -0.2) is 40.0 Å². The molecule has 1 aromatic carbocycles. The van der Waals surface area contributed by atoms with Gasteiger partial charge in [0.05, 0.1) is 16.3 Å². The van der Waals surface area contributed by atoms with Gasteiger partial charge in [0, 0.05) is 30.0 Å². The molecule has 1 N–H and O–H groups in total. The van der Waals surface area contributed by atoms with Crippen molar-refractivity contribution in [1.82, 2.24) is 9.88 Å². The second-order valence-corrected chi connectivity index (χ2v) is 7.63. The van der Waals surface area contributed by atoms with Crippen molar-refractivity contribution in [2.24, 2.45) is 0 Å². The highest BCUT2D eigenvalue weighted by atomic mass is 32.1. The minimum Gasteiger partial charge on any atom is -0.478 e. The molecule has 132 valence electrons. The van der Waals surface area contributed by atoms with Gasteiger partial charge in [-0.05, 0) is 37.0 Å². The Balaban J connectivity index is 1.75. The molecule has 1 saturated heterocycles. The Hall–Kier alpha value is -2.21. The largest absolute Gasteiger partial charge is 0.478 e. The van der Waals surface area contributed by atoms with E-state index in [9.17, 15) is 9.59 Å². The van der Waals surface area contributed by atoms with Gasteiger partial charge in [0.15, 0.2) is 0 Å². The molecular weight excluding hydrogens is 336 g/mol. The zero-order valence-electron chi connectivity index (χ0n) is 14.4. The topological polar surface area (TPSA) is 70.5 Å². The van der Waals surface area contributed by atoms with Crippen molar-refractivity contribution in [2.75, 3.05) is 13.1 Å². The van der Waals surface area contributed by atoms with Gasteiger partial charge in [0.2, 0.25) is 0 Å². The Morgan fingerprint density at radius 2 is 2.08 bits per heavy atom. The van der Waals surface area contributed by atoms with Crippen molar-refractivity contribution in [3.8, 4) is 0 Å². The SMILES string of the molecule is CC(C)c1csc(C2CCCN(C(=O)c3cccc(C(=O)O)c3)C2)n1. The number of hydrogen-bond donors (Lipinski definition) is 1. The molecule has 1 amide bonds. The average molecular weight is 358 g/mol. The van der Waals surface area contributed by atoms with Gasteiger partial charge in [-0.3, -0.25) is 4.79 Å². The van der Waals surface area contributed by atoms with E-state index in [0.717, 1.165) is 23.5 Å². The summed E-state index contributed by atoms with van der Waals surface area (Å²) in [5.41, 5.74) is 1.68. The van der Waals surface area contributed by atoms with E-state index in [2.05, 4.69) is 19.2 Å². The second-order valence-electron chi connectivity index (χ2n) is 6.74. The van der Waals surface area contributed by atoms with Crippen LogP contribution in [-0.2, 0) is 0 Å². The predicted molar refractivity (Wildman–Crippen MR) is 97.5 cm³/mol. The van der Waals surface area contributed by atoms with Crippen molar-refractivity contribution < 1.29 is 14.7 Å². The van der Waals surface area contributed by atoms with E-state index in [0.29, 0.717) is 24.6 Å². The molecule has 2 heterocycles. The van der Waals surface area contributed by atoms with E-state index in [1.807, 2.05) is 4.90 Å². The summed E-state index contributed by atoms with van der Waals surface area (Å²) in [6, 6.07) is 6.25. The fourth-order valence-corrected chi connectivity index (χ4v) is 4.19. The number of carbonyl (C=O) groups is 2. The number of rotatable bonds is 4. The summed E-state index contributed by atoms with van der Waals surface area (Å²) in [5.74, 6) is -0.452. The summed E-state index contributed by atoms with van der Waals surface area (Å²) in [6.45, 7) is 5.60. The molecular formula is C19H22N2O3S. The number of amides is 1. The second kappa shape index (κ2) is 7.35.